The van der Waals surface area contributed by atoms with Crippen molar-refractivity contribution in [3.8, 4) is 0 Å². The third kappa shape index (κ3) is 5.01. The highest BCUT2D eigenvalue weighted by molar-refractivity contribution is 5.96. The zero-order valence-electron chi connectivity index (χ0n) is 14.8. The molecule has 2 aromatic carbocycles. The predicted molar refractivity (Wildman–Crippen MR) is 104 cm³/mol. The molecule has 28 heavy (non-hydrogen) atoms. The van der Waals surface area contributed by atoms with Crippen molar-refractivity contribution in [2.75, 3.05) is 6.61 Å². The van der Waals surface area contributed by atoms with Crippen LogP contribution in [-0.2, 0) is 14.3 Å². The smallest absolute Gasteiger partial charge is 0.331 e. The van der Waals surface area contributed by atoms with Gasteiger partial charge in [-0.15, -0.1) is 0 Å². The lowest BCUT2D eigenvalue weighted by Crippen LogP contribution is -2.43. The van der Waals surface area contributed by atoms with Crippen LogP contribution in [0.15, 0.2) is 72.9 Å². The Balaban J connectivity index is 1.48. The first-order valence-corrected chi connectivity index (χ1v) is 8.46. The summed E-state index contributed by atoms with van der Waals surface area (Å²) in [4.78, 5) is 39.6. The third-order valence-corrected chi connectivity index (χ3v) is 3.76. The van der Waals surface area contributed by atoms with Gasteiger partial charge in [-0.3, -0.25) is 25.4 Å². The molecule has 140 valence electrons. The van der Waals surface area contributed by atoms with Crippen LogP contribution in [0.2, 0.25) is 0 Å². The van der Waals surface area contributed by atoms with Crippen LogP contribution in [0.25, 0.3) is 17.0 Å². The van der Waals surface area contributed by atoms with Crippen LogP contribution >= 0.6 is 0 Å². The van der Waals surface area contributed by atoms with Gasteiger partial charge in [0.15, 0.2) is 6.61 Å². The summed E-state index contributed by atoms with van der Waals surface area (Å²) in [6, 6.07) is 17.8. The summed E-state index contributed by atoms with van der Waals surface area (Å²) < 4.78 is 4.87. The normalized spacial score (nSPS) is 10.6. The second kappa shape index (κ2) is 9.09. The van der Waals surface area contributed by atoms with Crippen molar-refractivity contribution >= 4 is 34.8 Å². The van der Waals surface area contributed by atoms with E-state index in [1.165, 1.54) is 6.08 Å². The Hall–Kier alpha value is -4.00. The number of hydrogen-bond acceptors (Lipinski definition) is 5. The minimum absolute atomic E-state index is 0.395. The van der Waals surface area contributed by atoms with Crippen LogP contribution in [0, 0.1) is 0 Å². The Morgan fingerprint density at radius 1 is 0.929 bits per heavy atom. The molecule has 0 aliphatic heterocycles. The number of esters is 1. The lowest BCUT2D eigenvalue weighted by molar-refractivity contribution is -0.144. The minimum atomic E-state index is -0.683. The topological polar surface area (TPSA) is 97.4 Å². The Morgan fingerprint density at radius 2 is 1.71 bits per heavy atom. The van der Waals surface area contributed by atoms with Gasteiger partial charge in [-0.05, 0) is 24.3 Å². The fourth-order valence-corrected chi connectivity index (χ4v) is 2.43. The minimum Gasteiger partial charge on any atom is -0.452 e. The van der Waals surface area contributed by atoms with Crippen molar-refractivity contribution in [2.24, 2.45) is 0 Å². The summed E-state index contributed by atoms with van der Waals surface area (Å²) in [6.07, 6.45) is 4.47. The zero-order chi connectivity index (χ0) is 19.8. The second-order valence-corrected chi connectivity index (χ2v) is 5.73. The van der Waals surface area contributed by atoms with E-state index in [2.05, 4.69) is 15.8 Å². The number of amides is 2. The average molecular weight is 375 g/mol. The highest BCUT2D eigenvalue weighted by Gasteiger charge is 2.08. The van der Waals surface area contributed by atoms with Gasteiger partial charge in [0, 0.05) is 28.8 Å². The summed E-state index contributed by atoms with van der Waals surface area (Å²) in [7, 11) is 0. The van der Waals surface area contributed by atoms with Crippen molar-refractivity contribution in [3.63, 3.8) is 0 Å². The number of hydrazine groups is 1. The van der Waals surface area contributed by atoms with Crippen molar-refractivity contribution in [3.05, 3.63) is 84.1 Å². The van der Waals surface area contributed by atoms with Crippen molar-refractivity contribution in [1.82, 2.24) is 15.8 Å². The van der Waals surface area contributed by atoms with E-state index in [0.717, 1.165) is 16.5 Å². The lowest BCUT2D eigenvalue weighted by atomic mass is 10.1. The zero-order valence-corrected chi connectivity index (χ0v) is 14.8. The molecule has 2 amide bonds. The Labute approximate surface area is 161 Å². The fraction of sp³-hybridized carbons (Fsp3) is 0.0476. The lowest BCUT2D eigenvalue weighted by Gasteiger charge is -2.07. The van der Waals surface area contributed by atoms with Gasteiger partial charge in [-0.2, -0.15) is 0 Å². The van der Waals surface area contributed by atoms with Gasteiger partial charge >= 0.3 is 5.97 Å². The molecule has 3 rings (SSSR count). The number of nitrogens with one attached hydrogen (secondary N) is 2. The van der Waals surface area contributed by atoms with Gasteiger partial charge in [0.25, 0.3) is 11.8 Å². The number of pyridine rings is 1. The molecule has 0 radical (unpaired) electrons. The maximum atomic E-state index is 11.8. The molecule has 0 saturated carbocycles. The number of fused-ring (bicyclic) bond motifs is 1. The van der Waals surface area contributed by atoms with E-state index in [4.69, 9.17) is 4.74 Å². The van der Waals surface area contributed by atoms with Gasteiger partial charge < -0.3 is 4.74 Å². The van der Waals surface area contributed by atoms with Gasteiger partial charge in [0.05, 0.1) is 5.52 Å². The first-order valence-electron chi connectivity index (χ1n) is 8.46. The average Bonchev–Trinajstić information content (AvgIpc) is 2.75. The molecule has 3 aromatic rings. The molecule has 0 aliphatic carbocycles. The Kier molecular flexibility index (Phi) is 6.10. The molecule has 0 aliphatic rings. The number of rotatable bonds is 5. The number of benzene rings is 2. The first kappa shape index (κ1) is 18.8. The summed E-state index contributed by atoms with van der Waals surface area (Å²) in [5.74, 6) is -1.81. The summed E-state index contributed by atoms with van der Waals surface area (Å²) in [5.41, 5.74) is 6.34. The van der Waals surface area contributed by atoms with Crippen LogP contribution in [0.5, 0.6) is 0 Å². The van der Waals surface area contributed by atoms with Gasteiger partial charge in [0.1, 0.15) is 0 Å². The molecular formula is C21H17N3O4. The van der Waals surface area contributed by atoms with E-state index in [1.807, 2.05) is 30.3 Å². The maximum Gasteiger partial charge on any atom is 0.331 e. The Morgan fingerprint density at radius 3 is 2.54 bits per heavy atom. The van der Waals surface area contributed by atoms with Crippen LogP contribution in [0.1, 0.15) is 15.9 Å². The number of nitrogens with zero attached hydrogens (tertiary/aromatic N) is 1. The number of hydrogen-bond donors (Lipinski definition) is 2. The third-order valence-electron chi connectivity index (χ3n) is 3.76. The number of para-hydroxylation sites is 1. The molecular weight excluding hydrogens is 358 g/mol. The standard InChI is InChI=1S/C21H17N3O4/c25-18(23-24-21(27)17-6-2-1-3-7-17)14-28-19(26)12-11-16-9-4-8-15-10-5-13-22-20(15)16/h1-13H,14H2,(H,23,25)(H,24,27)/b12-11+. The number of carbonyl (C=O) groups excluding carboxylic acids is 3. The van der Waals surface area contributed by atoms with E-state index >= 15 is 0 Å². The van der Waals surface area contributed by atoms with Gasteiger partial charge in [-0.1, -0.05) is 42.5 Å². The molecule has 0 spiro atoms. The summed E-state index contributed by atoms with van der Waals surface area (Å²) in [5, 5.41) is 0.951. The molecule has 7 heteroatoms. The number of ether oxygens (including phenoxy) is 1. The van der Waals surface area contributed by atoms with E-state index in [0.29, 0.717) is 5.56 Å². The molecule has 1 heterocycles. The molecule has 1 aromatic heterocycles. The molecule has 7 nitrogen and oxygen atoms in total. The summed E-state index contributed by atoms with van der Waals surface area (Å²) in [6.45, 7) is -0.522. The molecule has 0 unspecified atom stereocenters. The highest BCUT2D eigenvalue weighted by Crippen LogP contribution is 2.17. The van der Waals surface area contributed by atoms with Crippen molar-refractivity contribution in [1.29, 1.82) is 0 Å². The number of carbonyl (C=O) groups is 3. The predicted octanol–water partition coefficient (Wildman–Crippen LogP) is 2.25. The Bertz CT molecular complexity index is 1030. The van der Waals surface area contributed by atoms with Crippen LogP contribution in [-0.4, -0.2) is 29.4 Å². The van der Waals surface area contributed by atoms with Crippen LogP contribution in [0.3, 0.4) is 0 Å². The fourth-order valence-electron chi connectivity index (χ4n) is 2.43. The van der Waals surface area contributed by atoms with Crippen molar-refractivity contribution in [2.45, 2.75) is 0 Å². The monoisotopic (exact) mass is 375 g/mol. The molecule has 0 atom stereocenters. The summed E-state index contributed by atoms with van der Waals surface area (Å²) >= 11 is 0. The number of aromatic nitrogens is 1. The van der Waals surface area contributed by atoms with E-state index < -0.39 is 24.4 Å². The van der Waals surface area contributed by atoms with E-state index in [1.54, 1.807) is 42.6 Å². The second-order valence-electron chi connectivity index (χ2n) is 5.73. The maximum absolute atomic E-state index is 11.8. The largest absolute Gasteiger partial charge is 0.452 e. The molecule has 0 saturated heterocycles. The van der Waals surface area contributed by atoms with Crippen molar-refractivity contribution < 1.29 is 19.1 Å². The SMILES string of the molecule is O=C(COC(=O)/C=C/c1cccc2cccnc12)NNC(=O)c1ccccc1. The van der Waals surface area contributed by atoms with Crippen LogP contribution in [0.4, 0.5) is 0 Å². The van der Waals surface area contributed by atoms with Crippen LogP contribution < -0.4 is 10.9 Å². The van der Waals surface area contributed by atoms with E-state index in [9.17, 15) is 14.4 Å². The highest BCUT2D eigenvalue weighted by atomic mass is 16.5. The quantitative estimate of drug-likeness (QED) is 0.405. The molecule has 0 fully saturated rings. The first-order chi connectivity index (χ1) is 13.6. The van der Waals surface area contributed by atoms with Gasteiger partial charge in [-0.25, -0.2) is 4.79 Å². The van der Waals surface area contributed by atoms with E-state index in [-0.39, 0.29) is 0 Å². The van der Waals surface area contributed by atoms with Gasteiger partial charge in [0.2, 0.25) is 0 Å². The molecule has 0 bridgehead atoms. The molecule has 2 N–H and O–H groups in total.